The highest BCUT2D eigenvalue weighted by Crippen LogP contribution is 2.39. The molecule has 0 aliphatic heterocycles. The number of carbonyl (C=O) groups is 3. The molecule has 2 aliphatic carbocycles. The maximum atomic E-state index is 13.8. The number of allylic oxidation sites excluding steroid dienone is 4. The number of rotatable bonds is 11. The van der Waals surface area contributed by atoms with Crippen LogP contribution in [0.2, 0.25) is 0 Å². The number of carboxylic acids is 1. The number of nitrogens with one attached hydrogen (secondary N) is 3. The number of carboxylic acid groups (broad SMARTS) is 1. The van der Waals surface area contributed by atoms with Crippen molar-refractivity contribution in [1.29, 1.82) is 0 Å². The first-order valence-corrected chi connectivity index (χ1v) is 18.3. The van der Waals surface area contributed by atoms with Gasteiger partial charge in [-0.3, -0.25) is 25.0 Å². The molecule has 0 saturated carbocycles. The summed E-state index contributed by atoms with van der Waals surface area (Å²) in [7, 11) is -2.16. The summed E-state index contributed by atoms with van der Waals surface area (Å²) in [5, 5.41) is 36.6. The number of anilines is 3. The molecule has 292 valence electrons. The van der Waals surface area contributed by atoms with E-state index in [1.54, 1.807) is 61.5 Å². The Morgan fingerprint density at radius 1 is 0.828 bits per heavy atom. The van der Waals surface area contributed by atoms with Crippen molar-refractivity contribution in [3.63, 3.8) is 0 Å². The van der Waals surface area contributed by atoms with Crippen LogP contribution in [0.3, 0.4) is 0 Å². The fourth-order valence-corrected chi connectivity index (χ4v) is 6.59. The van der Waals surface area contributed by atoms with Gasteiger partial charge < -0.3 is 20.3 Å². The number of ether oxygens (including phenoxy) is 2. The Balaban J connectivity index is 1.16. The number of Topliss-reactive ketones (excluding diaryl/α,β-unsaturated/α-hetero) is 1. The van der Waals surface area contributed by atoms with E-state index in [2.05, 4.69) is 46.7 Å². The Hall–Kier alpha value is -7.84. The average Bonchev–Trinajstić information content (AvgIpc) is 3.67. The molecule has 0 radical (unpaired) electrons. The summed E-state index contributed by atoms with van der Waals surface area (Å²) in [6.07, 6.45) is 3.44. The van der Waals surface area contributed by atoms with Crippen LogP contribution in [0.25, 0.3) is 28.2 Å². The van der Waals surface area contributed by atoms with E-state index in [-0.39, 0.29) is 39.7 Å². The smallest absolute Gasteiger partial charge is 0.339 e. The van der Waals surface area contributed by atoms with Crippen molar-refractivity contribution < 1.29 is 41.9 Å². The molecule has 0 unspecified atom stereocenters. The van der Waals surface area contributed by atoms with E-state index in [4.69, 9.17) is 15.2 Å². The van der Waals surface area contributed by atoms with Crippen molar-refractivity contribution in [3.8, 4) is 22.6 Å². The molecule has 58 heavy (non-hydrogen) atoms. The lowest BCUT2D eigenvalue weighted by Gasteiger charge is -2.18. The lowest BCUT2D eigenvalue weighted by Crippen LogP contribution is -2.27. The molecule has 7 rings (SSSR count). The summed E-state index contributed by atoms with van der Waals surface area (Å²) in [5.41, 5.74) is 15.1. The van der Waals surface area contributed by atoms with Crippen molar-refractivity contribution >= 4 is 84.6 Å². The molecular weight excluding hydrogens is 773 g/mol. The molecule has 7 N–H and O–H groups in total. The number of H-pyrrole nitrogens is 1. The normalized spacial score (nSPS) is 15.6. The lowest BCUT2D eigenvalue weighted by molar-refractivity contribution is -0.134. The fourth-order valence-electron chi connectivity index (χ4n) is 5.94. The van der Waals surface area contributed by atoms with Gasteiger partial charge in [-0.05, 0) is 96.4 Å². The molecule has 5 aromatic rings. The SMILES string of the molecule is COc1cc(-c2ccc(NN=C3C(=O)c4ccc(N)c(N=Nc5ccc6n[nH]nc6c5)c4C=C3S(=O)(=O)O)c(OC)c2)ccc1NN=C1C=C(C(=O)O)C(=O)C=C1C. The number of benzene rings is 4. The number of hydrogen-bond acceptors (Lipinski definition) is 16. The number of hydrogen-bond donors (Lipinski definition) is 6. The highest BCUT2D eigenvalue weighted by molar-refractivity contribution is 7.91. The van der Waals surface area contributed by atoms with Crippen LogP contribution in [-0.2, 0) is 19.7 Å². The molecule has 0 fully saturated rings. The molecule has 0 amide bonds. The standard InChI is InChI=1S/C38H30N10O9S/c1-18-12-31(49)24(38(51)52)16-29(18)43-41-27-9-4-19(13-32(27)56-2)20-5-10-28(33(14-20)57-3)42-47-36-34(58(53,54)55)17-23-22(37(36)50)7-8-25(39)35(23)46-40-21-6-11-26-30(15-21)45-48-44-26/h4-17,41-42H,39H2,1-3H3,(H,51,52)(H,44,45,48)(H,53,54,55). The van der Waals surface area contributed by atoms with E-state index in [1.807, 2.05) is 0 Å². The molecule has 0 spiro atoms. The minimum absolute atomic E-state index is 0.00515. The van der Waals surface area contributed by atoms with Gasteiger partial charge in [0.25, 0.3) is 10.1 Å². The number of nitrogen functional groups attached to an aromatic ring is 1. The Morgan fingerprint density at radius 2 is 1.48 bits per heavy atom. The van der Waals surface area contributed by atoms with E-state index in [0.717, 1.165) is 6.08 Å². The van der Waals surface area contributed by atoms with Gasteiger partial charge >= 0.3 is 5.97 Å². The molecule has 19 nitrogen and oxygen atoms in total. The van der Waals surface area contributed by atoms with Crippen LogP contribution >= 0.6 is 0 Å². The van der Waals surface area contributed by atoms with E-state index < -0.39 is 43.8 Å². The van der Waals surface area contributed by atoms with Gasteiger partial charge in [-0.15, -0.1) is 5.11 Å². The summed E-state index contributed by atoms with van der Waals surface area (Å²) in [6, 6.07) is 17.8. The second kappa shape index (κ2) is 15.4. The molecule has 4 aromatic carbocycles. The number of aliphatic carboxylic acids is 1. The number of carbonyl (C=O) groups excluding carboxylic acids is 2. The first-order valence-electron chi connectivity index (χ1n) is 16.9. The van der Waals surface area contributed by atoms with E-state index in [1.165, 1.54) is 38.5 Å². The first kappa shape index (κ1) is 38.4. The van der Waals surface area contributed by atoms with Gasteiger partial charge in [0, 0.05) is 11.1 Å². The fraction of sp³-hybridized carbons (Fsp3) is 0.0789. The van der Waals surface area contributed by atoms with Crippen LogP contribution in [-0.4, -0.2) is 76.7 Å². The van der Waals surface area contributed by atoms with Gasteiger partial charge in [0.15, 0.2) is 11.5 Å². The van der Waals surface area contributed by atoms with E-state index in [9.17, 15) is 32.5 Å². The number of hydrazone groups is 2. The van der Waals surface area contributed by atoms with Gasteiger partial charge in [0.05, 0.1) is 42.7 Å². The van der Waals surface area contributed by atoms with Crippen LogP contribution in [0, 0.1) is 0 Å². The monoisotopic (exact) mass is 802 g/mol. The molecular formula is C38H30N10O9S. The number of aromatic nitrogens is 3. The third kappa shape index (κ3) is 7.54. The minimum atomic E-state index is -5.02. The summed E-state index contributed by atoms with van der Waals surface area (Å²) < 4.78 is 46.7. The topological polar surface area (TPSA) is 285 Å². The molecule has 0 atom stereocenters. The van der Waals surface area contributed by atoms with Gasteiger partial charge in [-0.2, -0.15) is 39.1 Å². The average molecular weight is 803 g/mol. The number of nitrogens with two attached hydrogens (primary N) is 1. The first-order chi connectivity index (χ1) is 27.7. The number of nitrogens with zero attached hydrogens (tertiary/aromatic N) is 6. The van der Waals surface area contributed by atoms with Gasteiger partial charge in [-0.25, -0.2) is 4.79 Å². The second-order valence-corrected chi connectivity index (χ2v) is 13.9. The number of fused-ring (bicyclic) bond motifs is 2. The predicted octanol–water partition coefficient (Wildman–Crippen LogP) is 5.84. The van der Waals surface area contributed by atoms with Crippen molar-refractivity contribution in [2.75, 3.05) is 30.8 Å². The highest BCUT2D eigenvalue weighted by atomic mass is 32.2. The van der Waals surface area contributed by atoms with Crippen LogP contribution in [0.15, 0.2) is 115 Å². The molecule has 2 aliphatic rings. The predicted molar refractivity (Wildman–Crippen MR) is 214 cm³/mol. The van der Waals surface area contributed by atoms with Crippen LogP contribution in [0.1, 0.15) is 22.8 Å². The maximum absolute atomic E-state index is 13.8. The number of aromatic amines is 1. The van der Waals surface area contributed by atoms with Crippen molar-refractivity contribution in [2.24, 2.45) is 20.4 Å². The zero-order chi connectivity index (χ0) is 41.3. The highest BCUT2D eigenvalue weighted by Gasteiger charge is 2.35. The van der Waals surface area contributed by atoms with Crippen molar-refractivity contribution in [3.05, 3.63) is 106 Å². The van der Waals surface area contributed by atoms with Crippen LogP contribution in [0.4, 0.5) is 28.4 Å². The van der Waals surface area contributed by atoms with E-state index in [0.29, 0.717) is 44.9 Å². The van der Waals surface area contributed by atoms with Gasteiger partial charge in [-0.1, -0.05) is 12.1 Å². The number of ketones is 2. The van der Waals surface area contributed by atoms with Gasteiger partial charge in [0.1, 0.15) is 38.7 Å². The Kier molecular flexibility index (Phi) is 10.2. The van der Waals surface area contributed by atoms with Gasteiger partial charge in [0.2, 0.25) is 5.78 Å². The van der Waals surface area contributed by atoms with E-state index >= 15 is 0 Å². The summed E-state index contributed by atoms with van der Waals surface area (Å²) in [5.74, 6) is -2.20. The number of methoxy groups -OCH3 is 2. The number of azo groups is 1. The molecule has 1 heterocycles. The Bertz CT molecular complexity index is 2890. The molecule has 0 bridgehead atoms. The maximum Gasteiger partial charge on any atom is 0.339 e. The Labute approximate surface area is 328 Å². The largest absolute Gasteiger partial charge is 0.494 e. The zero-order valence-electron chi connectivity index (χ0n) is 30.5. The van der Waals surface area contributed by atoms with Crippen LogP contribution in [0.5, 0.6) is 11.5 Å². The third-order valence-electron chi connectivity index (χ3n) is 8.91. The summed E-state index contributed by atoms with van der Waals surface area (Å²) in [6.45, 7) is 1.63. The van der Waals surface area contributed by atoms with Crippen molar-refractivity contribution in [2.45, 2.75) is 6.92 Å². The lowest BCUT2D eigenvalue weighted by atomic mass is 9.92. The summed E-state index contributed by atoms with van der Waals surface area (Å²) >= 11 is 0. The minimum Gasteiger partial charge on any atom is -0.494 e. The molecule has 0 saturated heterocycles. The van der Waals surface area contributed by atoms with Crippen LogP contribution < -0.4 is 26.1 Å². The Morgan fingerprint density at radius 3 is 2.12 bits per heavy atom. The van der Waals surface area contributed by atoms with Crippen molar-refractivity contribution in [1.82, 2.24) is 15.4 Å². The summed E-state index contributed by atoms with van der Waals surface area (Å²) in [4.78, 5) is 36.5. The quantitative estimate of drug-likeness (QED) is 0.0228. The zero-order valence-corrected chi connectivity index (χ0v) is 31.3. The molecule has 20 heteroatoms. The third-order valence-corrected chi connectivity index (χ3v) is 9.78. The second-order valence-electron chi connectivity index (χ2n) is 12.5. The molecule has 1 aromatic heterocycles.